The molecule has 222 valence electrons. The molecule has 1 saturated heterocycles. The first-order valence-electron chi connectivity index (χ1n) is 14.8. The molecule has 1 aromatic heterocycles. The molecule has 1 aliphatic heterocycles. The van der Waals surface area contributed by atoms with Crippen molar-refractivity contribution in [1.29, 1.82) is 5.26 Å². The molecule has 0 spiro atoms. The summed E-state index contributed by atoms with van der Waals surface area (Å²) in [7, 11) is 0. The van der Waals surface area contributed by atoms with E-state index in [1.807, 2.05) is 62.4 Å². The van der Waals surface area contributed by atoms with Gasteiger partial charge in [-0.25, -0.2) is 0 Å². The summed E-state index contributed by atoms with van der Waals surface area (Å²) in [4.78, 5) is 21.8. The van der Waals surface area contributed by atoms with Crippen LogP contribution in [0.1, 0.15) is 47.8 Å². The number of hydrogen-bond donors (Lipinski definition) is 2. The molecule has 1 fully saturated rings. The van der Waals surface area contributed by atoms with Gasteiger partial charge in [0, 0.05) is 56.1 Å². The number of anilines is 3. The van der Waals surface area contributed by atoms with Crippen LogP contribution in [0.15, 0.2) is 60.8 Å². The Hall–Kier alpha value is -4.81. The van der Waals surface area contributed by atoms with E-state index in [0.29, 0.717) is 47.0 Å². The summed E-state index contributed by atoms with van der Waals surface area (Å²) in [5.41, 5.74) is 12.4. The first-order valence-corrected chi connectivity index (χ1v) is 14.8. The highest BCUT2D eigenvalue weighted by Gasteiger charge is 2.22. The molecular weight excluding hydrogens is 540 g/mol. The number of pyridine rings is 1. The number of carbonyl (C=O) groups excluding carboxylic acids is 1. The van der Waals surface area contributed by atoms with Gasteiger partial charge in [-0.2, -0.15) is 5.26 Å². The van der Waals surface area contributed by atoms with Crippen LogP contribution >= 0.6 is 0 Å². The van der Waals surface area contributed by atoms with E-state index in [1.165, 1.54) is 17.3 Å². The Morgan fingerprint density at radius 2 is 1.72 bits per heavy atom. The Kier molecular flexibility index (Phi) is 9.28. The molecule has 0 unspecified atom stereocenters. The Morgan fingerprint density at radius 3 is 2.40 bits per heavy atom. The highest BCUT2D eigenvalue weighted by molar-refractivity contribution is 6.08. The number of nitrogens with zero attached hydrogens (tertiary/aromatic N) is 4. The largest absolute Gasteiger partial charge is 0.490 e. The maximum absolute atomic E-state index is 12.5. The fourth-order valence-electron chi connectivity index (χ4n) is 5.74. The van der Waals surface area contributed by atoms with Crippen LogP contribution in [0.2, 0.25) is 0 Å². The number of benzene rings is 3. The molecule has 0 radical (unpaired) electrons. The van der Waals surface area contributed by atoms with E-state index in [4.69, 9.17) is 15.2 Å². The maximum atomic E-state index is 12.5. The Labute approximate surface area is 252 Å². The van der Waals surface area contributed by atoms with Gasteiger partial charge in [-0.1, -0.05) is 31.2 Å². The van der Waals surface area contributed by atoms with E-state index in [2.05, 4.69) is 39.2 Å². The van der Waals surface area contributed by atoms with Gasteiger partial charge in [-0.3, -0.25) is 14.7 Å². The molecular formula is C34H38N6O3. The van der Waals surface area contributed by atoms with E-state index >= 15 is 0 Å². The minimum absolute atomic E-state index is 0.306. The summed E-state index contributed by atoms with van der Waals surface area (Å²) in [6.45, 7) is 11.2. The number of amides is 1. The molecule has 9 heteroatoms. The summed E-state index contributed by atoms with van der Waals surface area (Å²) in [5.74, 6) is 0.632. The number of fused-ring (bicyclic) bond motifs is 1. The molecule has 43 heavy (non-hydrogen) atoms. The zero-order chi connectivity index (χ0) is 30.3. The van der Waals surface area contributed by atoms with Crippen molar-refractivity contribution >= 4 is 33.9 Å². The lowest BCUT2D eigenvalue weighted by atomic mass is 10.0. The van der Waals surface area contributed by atoms with Crippen molar-refractivity contribution < 1.29 is 14.3 Å². The van der Waals surface area contributed by atoms with Crippen LogP contribution in [0.5, 0.6) is 11.5 Å². The van der Waals surface area contributed by atoms with Crippen molar-refractivity contribution in [2.24, 2.45) is 5.73 Å². The number of ether oxygens (including phenoxy) is 2. The Morgan fingerprint density at radius 1 is 1.00 bits per heavy atom. The molecule has 3 aromatic carbocycles. The minimum atomic E-state index is -0.561. The van der Waals surface area contributed by atoms with Gasteiger partial charge in [0.2, 0.25) is 0 Å². The van der Waals surface area contributed by atoms with Crippen molar-refractivity contribution in [1.82, 2.24) is 9.88 Å². The number of primary amides is 1. The fraction of sp³-hybridized carbons (Fsp3) is 0.324. The van der Waals surface area contributed by atoms with Crippen molar-refractivity contribution in [3.05, 3.63) is 83.0 Å². The number of para-hydroxylation sites is 1. The van der Waals surface area contributed by atoms with Crippen LogP contribution in [0.25, 0.3) is 10.9 Å². The molecule has 1 aliphatic rings. The first-order chi connectivity index (χ1) is 21.0. The van der Waals surface area contributed by atoms with Gasteiger partial charge in [0.15, 0.2) is 11.5 Å². The minimum Gasteiger partial charge on any atom is -0.490 e. The topological polar surface area (TPSA) is 117 Å². The van der Waals surface area contributed by atoms with E-state index < -0.39 is 5.91 Å². The maximum Gasteiger partial charge on any atom is 0.252 e. The van der Waals surface area contributed by atoms with Crippen LogP contribution in [0.3, 0.4) is 0 Å². The summed E-state index contributed by atoms with van der Waals surface area (Å²) in [5, 5.41) is 13.8. The summed E-state index contributed by atoms with van der Waals surface area (Å²) < 4.78 is 11.7. The van der Waals surface area contributed by atoms with E-state index in [-0.39, 0.29) is 0 Å². The predicted molar refractivity (Wildman–Crippen MR) is 170 cm³/mol. The molecule has 2 heterocycles. The highest BCUT2D eigenvalue weighted by Crippen LogP contribution is 2.38. The molecule has 9 nitrogen and oxygen atoms in total. The Balaban J connectivity index is 1.43. The van der Waals surface area contributed by atoms with Crippen LogP contribution in [-0.2, 0) is 13.0 Å². The monoisotopic (exact) mass is 578 g/mol. The second kappa shape index (κ2) is 13.4. The number of nitriles is 1. The second-order valence-electron chi connectivity index (χ2n) is 10.4. The SMILES string of the molecule is CCOc1cc2ncc(C(N)=O)c(Nc3cccc(CN4CCN(c5ccccc5C#N)CC4)c3CC)c2cc1OCC. The standard InChI is InChI=1S/C34H38N6O3/c1-4-25-24(22-39-14-16-40(17-15-39)30-13-8-7-10-23(30)20-35)11-9-12-28(25)38-33-26-18-31(42-5-2)32(43-6-3)19-29(26)37-21-27(33)34(36)41/h7-13,18-19,21H,4-6,14-17,22H2,1-3H3,(H2,36,41)(H,37,38). The lowest BCUT2D eigenvalue weighted by molar-refractivity contribution is 0.100. The normalized spacial score (nSPS) is 13.5. The number of piperazine rings is 1. The summed E-state index contributed by atoms with van der Waals surface area (Å²) >= 11 is 0. The fourth-order valence-corrected chi connectivity index (χ4v) is 5.74. The Bertz CT molecular complexity index is 1660. The van der Waals surface area contributed by atoms with Crippen LogP contribution in [0.4, 0.5) is 17.1 Å². The third-order valence-corrected chi connectivity index (χ3v) is 7.82. The zero-order valence-corrected chi connectivity index (χ0v) is 25.0. The lowest BCUT2D eigenvalue weighted by Gasteiger charge is -2.36. The van der Waals surface area contributed by atoms with E-state index in [1.54, 1.807) is 0 Å². The van der Waals surface area contributed by atoms with Crippen molar-refractivity contribution in [2.45, 2.75) is 33.7 Å². The molecule has 1 amide bonds. The predicted octanol–water partition coefficient (Wildman–Crippen LogP) is 5.63. The number of carbonyl (C=O) groups is 1. The molecule has 5 rings (SSSR count). The highest BCUT2D eigenvalue weighted by atomic mass is 16.5. The third kappa shape index (κ3) is 6.35. The van der Waals surface area contributed by atoms with Gasteiger partial charge in [0.1, 0.15) is 6.07 Å². The quantitative estimate of drug-likeness (QED) is 0.235. The van der Waals surface area contributed by atoms with Crippen molar-refractivity contribution in [3.8, 4) is 17.6 Å². The molecule has 4 aromatic rings. The number of aromatic nitrogens is 1. The van der Waals surface area contributed by atoms with Gasteiger partial charge in [0.05, 0.1) is 41.2 Å². The number of nitrogens with one attached hydrogen (secondary N) is 1. The lowest BCUT2D eigenvalue weighted by Crippen LogP contribution is -2.46. The van der Waals surface area contributed by atoms with Crippen molar-refractivity contribution in [3.63, 3.8) is 0 Å². The number of hydrogen-bond acceptors (Lipinski definition) is 8. The average molecular weight is 579 g/mol. The molecule has 0 atom stereocenters. The zero-order valence-electron chi connectivity index (χ0n) is 25.0. The number of nitrogens with two attached hydrogens (primary N) is 1. The summed E-state index contributed by atoms with van der Waals surface area (Å²) in [6, 6.07) is 20.1. The molecule has 0 bridgehead atoms. The third-order valence-electron chi connectivity index (χ3n) is 7.82. The smallest absolute Gasteiger partial charge is 0.252 e. The van der Waals surface area contributed by atoms with Crippen molar-refractivity contribution in [2.75, 3.05) is 49.6 Å². The van der Waals surface area contributed by atoms with Gasteiger partial charge in [-0.05, 0) is 55.7 Å². The van der Waals surface area contributed by atoms with E-state index in [0.717, 1.165) is 55.9 Å². The van der Waals surface area contributed by atoms with Gasteiger partial charge >= 0.3 is 0 Å². The van der Waals surface area contributed by atoms with Gasteiger partial charge in [-0.15, -0.1) is 0 Å². The van der Waals surface area contributed by atoms with Crippen LogP contribution < -0.4 is 25.4 Å². The molecule has 0 saturated carbocycles. The van der Waals surface area contributed by atoms with Crippen LogP contribution in [0, 0.1) is 11.3 Å². The van der Waals surface area contributed by atoms with Gasteiger partial charge < -0.3 is 25.4 Å². The van der Waals surface area contributed by atoms with Crippen LogP contribution in [-0.4, -0.2) is 55.2 Å². The molecule has 3 N–H and O–H groups in total. The van der Waals surface area contributed by atoms with E-state index in [9.17, 15) is 10.1 Å². The molecule has 0 aliphatic carbocycles. The summed E-state index contributed by atoms with van der Waals surface area (Å²) in [6.07, 6.45) is 2.32. The second-order valence-corrected chi connectivity index (χ2v) is 10.4. The number of rotatable bonds is 11. The van der Waals surface area contributed by atoms with Gasteiger partial charge in [0.25, 0.3) is 5.91 Å². The first kappa shape index (κ1) is 29.7. The average Bonchev–Trinajstić information content (AvgIpc) is 3.02.